The molecule has 86 valence electrons. The molecule has 1 nitrogen and oxygen atoms in total. The Morgan fingerprint density at radius 1 is 1.18 bits per heavy atom. The van der Waals surface area contributed by atoms with E-state index < -0.39 is 0 Å². The third-order valence-electron chi connectivity index (χ3n) is 3.71. The number of hydrogen-bond donors (Lipinski definition) is 0. The summed E-state index contributed by atoms with van der Waals surface area (Å²) < 4.78 is 0. The van der Waals surface area contributed by atoms with Crippen LogP contribution < -0.4 is 0 Å². The maximum atomic E-state index is 4.59. The van der Waals surface area contributed by atoms with E-state index in [0.717, 1.165) is 6.42 Å². The highest BCUT2D eigenvalue weighted by atomic mass is 14.7. The molecular formula is C16H17N. The summed E-state index contributed by atoms with van der Waals surface area (Å²) in [5.74, 6) is 0. The van der Waals surface area contributed by atoms with Crippen LogP contribution in [0.2, 0.25) is 0 Å². The summed E-state index contributed by atoms with van der Waals surface area (Å²) >= 11 is 0. The van der Waals surface area contributed by atoms with Gasteiger partial charge in [-0.05, 0) is 29.0 Å². The van der Waals surface area contributed by atoms with Crippen molar-refractivity contribution in [3.8, 4) is 0 Å². The summed E-state index contributed by atoms with van der Waals surface area (Å²) in [6, 6.07) is 8.67. The molecular weight excluding hydrogens is 206 g/mol. The van der Waals surface area contributed by atoms with Crippen LogP contribution in [0.5, 0.6) is 0 Å². The van der Waals surface area contributed by atoms with Gasteiger partial charge in [0.2, 0.25) is 0 Å². The van der Waals surface area contributed by atoms with E-state index in [0.29, 0.717) is 0 Å². The fourth-order valence-corrected chi connectivity index (χ4v) is 2.86. The molecule has 0 atom stereocenters. The zero-order valence-corrected chi connectivity index (χ0v) is 10.6. The van der Waals surface area contributed by atoms with Gasteiger partial charge in [-0.1, -0.05) is 45.0 Å². The quantitative estimate of drug-likeness (QED) is 0.701. The molecule has 0 fully saturated rings. The molecule has 2 aromatic rings. The van der Waals surface area contributed by atoms with E-state index in [1.54, 1.807) is 0 Å². The largest absolute Gasteiger partial charge is 0.256 e. The molecule has 0 spiro atoms. The van der Waals surface area contributed by atoms with Crippen molar-refractivity contribution in [3.05, 3.63) is 47.8 Å². The zero-order chi connectivity index (χ0) is 12.0. The maximum Gasteiger partial charge on any atom is 0.0740 e. The number of aromatic nitrogens is 1. The molecule has 1 aromatic carbocycles. The van der Waals surface area contributed by atoms with Crippen LogP contribution in [0.3, 0.4) is 0 Å². The first-order chi connectivity index (χ1) is 8.13. The number of rotatable bonds is 1. The second-order valence-corrected chi connectivity index (χ2v) is 5.31. The smallest absolute Gasteiger partial charge is 0.0740 e. The van der Waals surface area contributed by atoms with Crippen LogP contribution >= 0.6 is 0 Å². The van der Waals surface area contributed by atoms with E-state index in [2.05, 4.69) is 56.1 Å². The third-order valence-corrected chi connectivity index (χ3v) is 3.71. The Kier molecular flexibility index (Phi) is 2.12. The average molecular weight is 223 g/mol. The molecule has 1 aliphatic carbocycles. The van der Waals surface area contributed by atoms with Crippen LogP contribution in [-0.2, 0) is 5.41 Å². The minimum atomic E-state index is 0.112. The van der Waals surface area contributed by atoms with E-state index in [9.17, 15) is 0 Å². The van der Waals surface area contributed by atoms with Crippen LogP contribution in [0, 0.1) is 0 Å². The molecule has 1 aromatic heterocycles. The van der Waals surface area contributed by atoms with Gasteiger partial charge in [0.25, 0.3) is 0 Å². The van der Waals surface area contributed by atoms with Crippen LogP contribution in [0.4, 0.5) is 0 Å². The molecule has 1 heteroatoms. The molecule has 0 N–H and O–H groups in total. The van der Waals surface area contributed by atoms with Crippen molar-refractivity contribution in [2.45, 2.75) is 32.6 Å². The van der Waals surface area contributed by atoms with Gasteiger partial charge in [-0.3, -0.25) is 4.98 Å². The lowest BCUT2D eigenvalue weighted by molar-refractivity contribution is 0.671. The Morgan fingerprint density at radius 3 is 2.76 bits per heavy atom. The molecule has 0 saturated heterocycles. The standard InChI is InChI=1S/C16H17N/c1-4-11-10-16(2,3)13-7-5-6-12-8-9-17-15(11)14(12)13/h5-10H,4H2,1-3H3. The molecule has 0 unspecified atom stereocenters. The van der Waals surface area contributed by atoms with Crippen molar-refractivity contribution in [2.24, 2.45) is 0 Å². The van der Waals surface area contributed by atoms with Gasteiger partial charge in [0.15, 0.2) is 0 Å². The Bertz CT molecular complexity index is 615. The molecule has 0 aliphatic heterocycles. The third kappa shape index (κ3) is 1.42. The van der Waals surface area contributed by atoms with Crippen molar-refractivity contribution in [1.82, 2.24) is 4.98 Å². The van der Waals surface area contributed by atoms with Gasteiger partial charge in [0.05, 0.1) is 5.69 Å². The van der Waals surface area contributed by atoms with Crippen molar-refractivity contribution in [2.75, 3.05) is 0 Å². The Labute approximate surface area is 102 Å². The number of nitrogens with zero attached hydrogens (tertiary/aromatic N) is 1. The van der Waals surface area contributed by atoms with Gasteiger partial charge in [0, 0.05) is 17.0 Å². The van der Waals surface area contributed by atoms with Crippen molar-refractivity contribution in [1.29, 1.82) is 0 Å². The van der Waals surface area contributed by atoms with E-state index in [-0.39, 0.29) is 5.41 Å². The first-order valence-electron chi connectivity index (χ1n) is 6.24. The first-order valence-corrected chi connectivity index (χ1v) is 6.24. The normalized spacial score (nSPS) is 17.0. The Hall–Kier alpha value is -1.63. The summed E-state index contributed by atoms with van der Waals surface area (Å²) in [6.07, 6.45) is 5.34. The van der Waals surface area contributed by atoms with Crippen molar-refractivity contribution >= 4 is 16.3 Å². The average Bonchev–Trinajstić information content (AvgIpc) is 2.33. The summed E-state index contributed by atoms with van der Waals surface area (Å²) in [4.78, 5) is 4.59. The van der Waals surface area contributed by atoms with Gasteiger partial charge in [0.1, 0.15) is 0 Å². The minimum absolute atomic E-state index is 0.112. The lowest BCUT2D eigenvalue weighted by atomic mass is 9.75. The fourth-order valence-electron chi connectivity index (χ4n) is 2.86. The minimum Gasteiger partial charge on any atom is -0.256 e. The molecule has 0 saturated carbocycles. The van der Waals surface area contributed by atoms with Gasteiger partial charge in [-0.25, -0.2) is 0 Å². The number of pyridine rings is 1. The highest BCUT2D eigenvalue weighted by molar-refractivity contribution is 5.97. The number of allylic oxidation sites excluding steroid dienone is 2. The van der Waals surface area contributed by atoms with Crippen molar-refractivity contribution < 1.29 is 0 Å². The van der Waals surface area contributed by atoms with Gasteiger partial charge >= 0.3 is 0 Å². The zero-order valence-electron chi connectivity index (χ0n) is 10.6. The lowest BCUT2D eigenvalue weighted by Crippen LogP contribution is -2.19. The SMILES string of the molecule is CCC1=CC(C)(C)c2cccc3ccnc1c23. The van der Waals surface area contributed by atoms with E-state index >= 15 is 0 Å². The first kappa shape index (κ1) is 10.5. The second-order valence-electron chi connectivity index (χ2n) is 5.31. The molecule has 3 rings (SSSR count). The maximum absolute atomic E-state index is 4.59. The molecule has 1 aliphatic rings. The van der Waals surface area contributed by atoms with Crippen LogP contribution in [0.1, 0.15) is 38.4 Å². The van der Waals surface area contributed by atoms with E-state index in [4.69, 9.17) is 0 Å². The van der Waals surface area contributed by atoms with Crippen LogP contribution in [-0.4, -0.2) is 4.98 Å². The van der Waals surface area contributed by atoms with E-state index in [1.807, 2.05) is 6.20 Å². The number of hydrogen-bond acceptors (Lipinski definition) is 1. The predicted molar refractivity (Wildman–Crippen MR) is 73.0 cm³/mol. The van der Waals surface area contributed by atoms with Crippen LogP contribution in [0.25, 0.3) is 16.3 Å². The predicted octanol–water partition coefficient (Wildman–Crippen LogP) is 4.32. The molecule has 0 amide bonds. The molecule has 17 heavy (non-hydrogen) atoms. The monoisotopic (exact) mass is 223 g/mol. The molecule has 1 heterocycles. The highest BCUT2D eigenvalue weighted by Crippen LogP contribution is 2.41. The van der Waals surface area contributed by atoms with Crippen molar-refractivity contribution in [3.63, 3.8) is 0 Å². The molecule has 0 bridgehead atoms. The number of benzene rings is 1. The fraction of sp³-hybridized carbons (Fsp3) is 0.312. The summed E-state index contributed by atoms with van der Waals surface area (Å²) in [7, 11) is 0. The van der Waals surface area contributed by atoms with E-state index in [1.165, 1.54) is 27.6 Å². The Morgan fingerprint density at radius 2 is 2.00 bits per heavy atom. The van der Waals surface area contributed by atoms with Crippen LogP contribution in [0.15, 0.2) is 36.5 Å². The van der Waals surface area contributed by atoms with Gasteiger partial charge in [-0.2, -0.15) is 0 Å². The lowest BCUT2D eigenvalue weighted by Gasteiger charge is -2.30. The molecule has 0 radical (unpaired) electrons. The summed E-state index contributed by atoms with van der Waals surface area (Å²) in [6.45, 7) is 6.77. The second kappa shape index (κ2) is 3.43. The highest BCUT2D eigenvalue weighted by Gasteiger charge is 2.27. The summed E-state index contributed by atoms with van der Waals surface area (Å²) in [5.41, 5.74) is 4.07. The van der Waals surface area contributed by atoms with Gasteiger partial charge < -0.3 is 0 Å². The van der Waals surface area contributed by atoms with Gasteiger partial charge in [-0.15, -0.1) is 0 Å². The summed E-state index contributed by atoms with van der Waals surface area (Å²) in [5, 5.41) is 2.65. The topological polar surface area (TPSA) is 12.9 Å². The Balaban J connectivity index is 2.48.